The van der Waals surface area contributed by atoms with Gasteiger partial charge in [0, 0.05) is 57.2 Å². The third-order valence-electron chi connectivity index (χ3n) is 7.01. The normalized spacial score (nSPS) is 21.2. The van der Waals surface area contributed by atoms with Crippen molar-refractivity contribution in [1.82, 2.24) is 30.0 Å². The first kappa shape index (κ1) is 23.0. The van der Waals surface area contributed by atoms with Gasteiger partial charge in [0.05, 0.1) is 11.5 Å². The van der Waals surface area contributed by atoms with Crippen LogP contribution in [0.5, 0.6) is 0 Å². The lowest BCUT2D eigenvalue weighted by Crippen LogP contribution is -2.43. The number of fused-ring (bicyclic) bond motifs is 1. The minimum Gasteiger partial charge on any atom is -0.393 e. The van der Waals surface area contributed by atoms with Crippen molar-refractivity contribution in [2.24, 2.45) is 5.92 Å². The van der Waals surface area contributed by atoms with Crippen LogP contribution in [0.4, 0.5) is 11.8 Å². The number of aromatic nitrogens is 5. The second kappa shape index (κ2) is 10.7. The molecule has 1 saturated carbocycles. The second-order valence-electron chi connectivity index (χ2n) is 9.56. The minimum atomic E-state index is -0.154. The van der Waals surface area contributed by atoms with Gasteiger partial charge in [-0.3, -0.25) is 0 Å². The Morgan fingerprint density at radius 1 is 1.09 bits per heavy atom. The first-order valence-corrected chi connectivity index (χ1v) is 12.8. The molecule has 1 aliphatic carbocycles. The molecule has 0 amide bonds. The van der Waals surface area contributed by atoms with Gasteiger partial charge in [0.2, 0.25) is 5.95 Å². The number of unbranched alkanes of at least 4 members (excludes halogenated alkanes) is 1. The fourth-order valence-corrected chi connectivity index (χ4v) is 4.94. The van der Waals surface area contributed by atoms with Crippen LogP contribution in [-0.4, -0.2) is 68.7 Å². The van der Waals surface area contributed by atoms with Gasteiger partial charge in [0.15, 0.2) is 5.65 Å². The Hall–Kier alpha value is -2.78. The van der Waals surface area contributed by atoms with Crippen molar-refractivity contribution in [1.29, 1.82) is 0 Å². The Kier molecular flexibility index (Phi) is 7.20. The number of piperazine rings is 1. The Morgan fingerprint density at radius 3 is 2.65 bits per heavy atom. The quantitative estimate of drug-likeness (QED) is 0.437. The van der Waals surface area contributed by atoms with Crippen LogP contribution >= 0.6 is 0 Å². The molecule has 0 spiro atoms. The molecule has 9 heteroatoms. The number of nitrogens with zero attached hydrogens (tertiary/aromatic N) is 6. The van der Waals surface area contributed by atoms with Crippen LogP contribution in [-0.2, 0) is 6.54 Å². The van der Waals surface area contributed by atoms with Crippen LogP contribution in [0.2, 0.25) is 0 Å². The van der Waals surface area contributed by atoms with Gasteiger partial charge in [-0.05, 0) is 50.2 Å². The molecule has 0 atom stereocenters. The van der Waals surface area contributed by atoms with Gasteiger partial charge in [-0.15, -0.1) is 0 Å². The van der Waals surface area contributed by atoms with E-state index in [0.29, 0.717) is 11.9 Å². The third-order valence-corrected chi connectivity index (χ3v) is 7.01. The molecule has 0 aromatic carbocycles. The number of aliphatic hydroxyl groups is 1. The summed E-state index contributed by atoms with van der Waals surface area (Å²) in [6.07, 6.45) is 9.65. The van der Waals surface area contributed by atoms with Gasteiger partial charge in [-0.2, -0.15) is 10.1 Å². The van der Waals surface area contributed by atoms with Crippen molar-refractivity contribution in [3.05, 3.63) is 24.5 Å². The average Bonchev–Trinajstić information content (AvgIpc) is 3.24. The average molecular weight is 465 g/mol. The number of nitrogens with one attached hydrogen (secondary N) is 2. The minimum absolute atomic E-state index is 0.154. The number of pyridine rings is 1. The summed E-state index contributed by atoms with van der Waals surface area (Å²) in [6, 6.07) is 4.20. The second-order valence-corrected chi connectivity index (χ2v) is 9.56. The summed E-state index contributed by atoms with van der Waals surface area (Å²) >= 11 is 0. The van der Waals surface area contributed by atoms with Crippen molar-refractivity contribution in [2.45, 2.75) is 58.1 Å². The summed E-state index contributed by atoms with van der Waals surface area (Å²) < 4.78 is 2.05. The van der Waals surface area contributed by atoms with Gasteiger partial charge in [0.25, 0.3) is 0 Å². The smallest absolute Gasteiger partial charge is 0.224 e. The molecule has 3 N–H and O–H groups in total. The summed E-state index contributed by atoms with van der Waals surface area (Å²) in [5.41, 5.74) is 2.73. The number of aliphatic hydroxyl groups excluding tert-OH is 1. The highest BCUT2D eigenvalue weighted by atomic mass is 16.3. The molecule has 34 heavy (non-hydrogen) atoms. The fraction of sp³-hybridized carbons (Fsp3) is 0.600. The Morgan fingerprint density at radius 2 is 1.91 bits per heavy atom. The predicted molar refractivity (Wildman–Crippen MR) is 135 cm³/mol. The van der Waals surface area contributed by atoms with Crippen molar-refractivity contribution in [3.63, 3.8) is 0 Å². The molecule has 3 aromatic heterocycles. The van der Waals surface area contributed by atoms with E-state index in [1.807, 2.05) is 17.1 Å². The number of hydrogen-bond donors (Lipinski definition) is 3. The molecule has 2 aliphatic rings. The zero-order valence-corrected chi connectivity index (χ0v) is 20.1. The van der Waals surface area contributed by atoms with E-state index in [9.17, 15) is 5.11 Å². The maximum absolute atomic E-state index is 9.91. The lowest BCUT2D eigenvalue weighted by atomic mass is 9.87. The van der Waals surface area contributed by atoms with Crippen LogP contribution in [0.15, 0.2) is 24.5 Å². The van der Waals surface area contributed by atoms with Gasteiger partial charge in [-0.25, -0.2) is 14.6 Å². The Balaban J connectivity index is 1.44. The van der Waals surface area contributed by atoms with Crippen LogP contribution < -0.4 is 15.5 Å². The Bertz CT molecular complexity index is 1070. The van der Waals surface area contributed by atoms with Crippen LogP contribution in [0, 0.1) is 5.92 Å². The predicted octanol–water partition coefficient (Wildman–Crippen LogP) is 3.06. The number of rotatable bonds is 8. The summed E-state index contributed by atoms with van der Waals surface area (Å²) in [7, 11) is 0. The first-order chi connectivity index (χ1) is 16.7. The van der Waals surface area contributed by atoms with Crippen molar-refractivity contribution >= 4 is 22.8 Å². The van der Waals surface area contributed by atoms with E-state index < -0.39 is 0 Å². The monoisotopic (exact) mass is 464 g/mol. The SMILES string of the molecule is CCCCNc1ncc2c(-c3ccc(N4CCNCC4)nc3)nn(CC3CCC(O)CC3)c2n1. The fourth-order valence-electron chi connectivity index (χ4n) is 4.94. The van der Waals surface area contributed by atoms with E-state index in [0.717, 1.165) is 106 Å². The molecule has 182 valence electrons. The van der Waals surface area contributed by atoms with E-state index in [4.69, 9.17) is 15.1 Å². The van der Waals surface area contributed by atoms with E-state index in [1.165, 1.54) is 0 Å². The highest BCUT2D eigenvalue weighted by Crippen LogP contribution is 2.31. The summed E-state index contributed by atoms with van der Waals surface area (Å²) in [5, 5.41) is 22.6. The molecule has 0 radical (unpaired) electrons. The van der Waals surface area contributed by atoms with E-state index in [1.54, 1.807) is 0 Å². The molecule has 3 aromatic rings. The molecule has 9 nitrogen and oxygen atoms in total. The number of hydrogen-bond acceptors (Lipinski definition) is 8. The van der Waals surface area contributed by atoms with Crippen molar-refractivity contribution in [2.75, 3.05) is 42.9 Å². The van der Waals surface area contributed by atoms with E-state index >= 15 is 0 Å². The van der Waals surface area contributed by atoms with Gasteiger partial charge < -0.3 is 20.6 Å². The standard InChI is InChI=1S/C25H36N8O/c1-2-3-10-27-25-29-16-21-23(19-6-9-22(28-15-19)32-13-11-26-12-14-32)31-33(24(21)30-25)17-18-4-7-20(34)8-5-18/h6,9,15-16,18,20,26,34H,2-5,7-8,10-14,17H2,1H3,(H,27,29,30). The molecule has 0 bridgehead atoms. The molecule has 1 saturated heterocycles. The molecular formula is C25H36N8O. The molecule has 5 rings (SSSR count). The molecule has 0 unspecified atom stereocenters. The van der Waals surface area contributed by atoms with E-state index in [2.05, 4.69) is 39.6 Å². The molecular weight excluding hydrogens is 428 g/mol. The molecule has 4 heterocycles. The maximum atomic E-state index is 9.91. The van der Waals surface area contributed by atoms with Gasteiger partial charge >= 0.3 is 0 Å². The van der Waals surface area contributed by atoms with Crippen molar-refractivity contribution in [3.8, 4) is 11.3 Å². The zero-order chi connectivity index (χ0) is 23.3. The van der Waals surface area contributed by atoms with Crippen LogP contribution in [0.1, 0.15) is 45.4 Å². The highest BCUT2D eigenvalue weighted by Gasteiger charge is 2.23. The van der Waals surface area contributed by atoms with Gasteiger partial charge in [-0.1, -0.05) is 13.3 Å². The van der Waals surface area contributed by atoms with Crippen LogP contribution in [0.25, 0.3) is 22.3 Å². The lowest BCUT2D eigenvalue weighted by Gasteiger charge is -2.28. The topological polar surface area (TPSA) is 104 Å². The van der Waals surface area contributed by atoms with Crippen molar-refractivity contribution < 1.29 is 5.11 Å². The Labute approximate surface area is 201 Å². The summed E-state index contributed by atoms with van der Waals surface area (Å²) in [6.45, 7) is 7.77. The maximum Gasteiger partial charge on any atom is 0.224 e. The largest absolute Gasteiger partial charge is 0.393 e. The van der Waals surface area contributed by atoms with Gasteiger partial charge in [0.1, 0.15) is 11.5 Å². The molecule has 2 fully saturated rings. The highest BCUT2D eigenvalue weighted by molar-refractivity contribution is 5.91. The zero-order valence-electron chi connectivity index (χ0n) is 20.1. The van der Waals surface area contributed by atoms with E-state index in [-0.39, 0.29) is 6.10 Å². The summed E-state index contributed by atoms with van der Waals surface area (Å²) in [4.78, 5) is 16.5. The van der Waals surface area contributed by atoms with Crippen LogP contribution in [0.3, 0.4) is 0 Å². The summed E-state index contributed by atoms with van der Waals surface area (Å²) in [5.74, 6) is 2.16. The molecule has 1 aliphatic heterocycles. The third kappa shape index (κ3) is 5.15. The number of anilines is 2. The lowest BCUT2D eigenvalue weighted by molar-refractivity contribution is 0.103. The first-order valence-electron chi connectivity index (χ1n) is 12.8.